The van der Waals surface area contributed by atoms with E-state index in [1.54, 1.807) is 12.1 Å². The van der Waals surface area contributed by atoms with E-state index in [1.807, 2.05) is 37.3 Å². The van der Waals surface area contributed by atoms with Crippen molar-refractivity contribution in [2.75, 3.05) is 6.54 Å². The van der Waals surface area contributed by atoms with Crippen LogP contribution in [0.5, 0.6) is 5.75 Å². The zero-order valence-corrected chi connectivity index (χ0v) is 15.5. The third-order valence-corrected chi connectivity index (χ3v) is 5.01. The summed E-state index contributed by atoms with van der Waals surface area (Å²) in [6, 6.07) is 14.8. The van der Waals surface area contributed by atoms with Gasteiger partial charge in [0.2, 0.25) is 5.91 Å². The van der Waals surface area contributed by atoms with Crippen LogP contribution < -0.4 is 10.6 Å². The number of phenolic OH excluding ortho intramolecular Hbond substituents is 1. The van der Waals surface area contributed by atoms with Crippen LogP contribution in [0.4, 0.5) is 0 Å². The first-order chi connectivity index (χ1) is 13.1. The van der Waals surface area contributed by atoms with Gasteiger partial charge in [0.05, 0.1) is 12.1 Å². The van der Waals surface area contributed by atoms with Crippen LogP contribution in [0.3, 0.4) is 0 Å². The second kappa shape index (κ2) is 8.70. The average molecular weight is 363 g/mol. The number of hydrogen-bond acceptors (Lipinski definition) is 4. The molecule has 1 saturated heterocycles. The summed E-state index contributed by atoms with van der Waals surface area (Å²) in [5.41, 5.74) is 4.12. The first-order valence-corrected chi connectivity index (χ1v) is 9.39. The molecular weight excluding hydrogens is 338 g/mol. The van der Waals surface area contributed by atoms with Gasteiger partial charge in [0, 0.05) is 6.42 Å². The molecule has 2 atom stereocenters. The van der Waals surface area contributed by atoms with Gasteiger partial charge in [-0.15, -0.1) is 0 Å². The predicted octanol–water partition coefficient (Wildman–Crippen LogP) is 3.06. The number of nitrogens with one attached hydrogen (secondary N) is 2. The monoisotopic (exact) mass is 363 g/mol. The summed E-state index contributed by atoms with van der Waals surface area (Å²) in [6.07, 6.45) is 3.44. The zero-order valence-electron chi connectivity index (χ0n) is 15.5. The fourth-order valence-electron chi connectivity index (χ4n) is 3.50. The van der Waals surface area contributed by atoms with Crippen LogP contribution in [0.2, 0.25) is 0 Å². The zero-order chi connectivity index (χ0) is 19.2. The lowest BCUT2D eigenvalue weighted by atomic mass is 9.97. The summed E-state index contributed by atoms with van der Waals surface area (Å²) < 4.78 is 0. The van der Waals surface area contributed by atoms with E-state index in [-0.39, 0.29) is 17.7 Å². The van der Waals surface area contributed by atoms with Crippen molar-refractivity contribution in [2.45, 2.75) is 44.7 Å². The number of carbonyl (C=O) groups excluding carboxylic acids is 1. The van der Waals surface area contributed by atoms with Gasteiger partial charge in [0.15, 0.2) is 0 Å². The molecule has 3 rings (SSSR count). The Hall–Kier alpha value is -2.84. The summed E-state index contributed by atoms with van der Waals surface area (Å²) in [6.45, 7) is 2.82. The molecule has 0 spiro atoms. The molecule has 2 aromatic rings. The minimum absolute atomic E-state index is 0.0856. The van der Waals surface area contributed by atoms with E-state index in [0.29, 0.717) is 6.42 Å². The summed E-state index contributed by atoms with van der Waals surface area (Å²) in [5, 5.41) is 25.0. The van der Waals surface area contributed by atoms with E-state index in [0.717, 1.165) is 48.1 Å². The number of nitriles is 1. The van der Waals surface area contributed by atoms with Crippen LogP contribution >= 0.6 is 0 Å². The minimum Gasteiger partial charge on any atom is -0.508 e. The van der Waals surface area contributed by atoms with Gasteiger partial charge in [-0.25, -0.2) is 0 Å². The topological polar surface area (TPSA) is 85.2 Å². The van der Waals surface area contributed by atoms with Crippen molar-refractivity contribution in [1.82, 2.24) is 10.6 Å². The Balaban J connectivity index is 1.64. The molecule has 0 aliphatic carbocycles. The van der Waals surface area contributed by atoms with Crippen molar-refractivity contribution in [3.8, 4) is 22.9 Å². The number of hydrogen-bond donors (Lipinski definition) is 3. The highest BCUT2D eigenvalue weighted by Gasteiger charge is 2.23. The number of benzene rings is 2. The van der Waals surface area contributed by atoms with E-state index in [1.165, 1.54) is 0 Å². The van der Waals surface area contributed by atoms with Gasteiger partial charge in [-0.1, -0.05) is 36.8 Å². The molecule has 1 aliphatic heterocycles. The van der Waals surface area contributed by atoms with E-state index >= 15 is 0 Å². The molecule has 0 unspecified atom stereocenters. The quantitative estimate of drug-likeness (QED) is 0.762. The summed E-state index contributed by atoms with van der Waals surface area (Å²) in [7, 11) is 0. The molecule has 5 heteroatoms. The Kier molecular flexibility index (Phi) is 6.10. The molecule has 140 valence electrons. The minimum atomic E-state index is -0.539. The molecular formula is C22H25N3O2. The van der Waals surface area contributed by atoms with Crippen molar-refractivity contribution in [1.29, 1.82) is 5.26 Å². The Morgan fingerprint density at radius 1 is 1.30 bits per heavy atom. The first-order valence-electron chi connectivity index (χ1n) is 9.39. The lowest BCUT2D eigenvalue weighted by Crippen LogP contribution is -2.49. The summed E-state index contributed by atoms with van der Waals surface area (Å²) in [4.78, 5) is 12.3. The lowest BCUT2D eigenvalue weighted by Gasteiger charge is -2.23. The van der Waals surface area contributed by atoms with Crippen molar-refractivity contribution in [3.63, 3.8) is 0 Å². The van der Waals surface area contributed by atoms with E-state index in [9.17, 15) is 15.2 Å². The molecule has 1 amide bonds. The molecule has 1 heterocycles. The van der Waals surface area contributed by atoms with E-state index < -0.39 is 6.04 Å². The maximum absolute atomic E-state index is 12.3. The van der Waals surface area contributed by atoms with Crippen molar-refractivity contribution in [3.05, 3.63) is 53.6 Å². The van der Waals surface area contributed by atoms with Crippen LogP contribution in [0.25, 0.3) is 11.1 Å². The molecule has 1 aliphatic rings. The number of rotatable bonds is 5. The smallest absolute Gasteiger partial charge is 0.238 e. The number of phenols is 1. The van der Waals surface area contributed by atoms with Gasteiger partial charge in [-0.05, 0) is 60.7 Å². The molecule has 27 heavy (non-hydrogen) atoms. The lowest BCUT2D eigenvalue weighted by molar-refractivity contribution is -0.124. The van der Waals surface area contributed by atoms with Crippen LogP contribution in [-0.4, -0.2) is 29.6 Å². The standard InChI is InChI=1S/C22H25N3O2/c1-15-12-19(26)9-10-20(15)17-7-5-16(6-8-17)13-18(14-23)25-22(27)21-4-2-3-11-24-21/h5-10,12,18,21,24,26H,2-4,11,13H2,1H3,(H,25,27)/t18-,21-/m0/s1. The highest BCUT2D eigenvalue weighted by Crippen LogP contribution is 2.26. The van der Waals surface area contributed by atoms with Crippen LogP contribution in [-0.2, 0) is 11.2 Å². The second-order valence-electron chi connectivity index (χ2n) is 7.09. The fraction of sp³-hybridized carbons (Fsp3) is 0.364. The van der Waals surface area contributed by atoms with Crippen LogP contribution in [0, 0.1) is 18.3 Å². The van der Waals surface area contributed by atoms with Crippen LogP contribution in [0.15, 0.2) is 42.5 Å². The highest BCUT2D eigenvalue weighted by molar-refractivity contribution is 5.82. The molecule has 2 aromatic carbocycles. The second-order valence-corrected chi connectivity index (χ2v) is 7.09. The van der Waals surface area contributed by atoms with Gasteiger partial charge in [-0.2, -0.15) is 5.26 Å². The number of amides is 1. The predicted molar refractivity (Wildman–Crippen MR) is 105 cm³/mol. The number of nitrogens with zero attached hydrogens (tertiary/aromatic N) is 1. The maximum Gasteiger partial charge on any atom is 0.238 e. The SMILES string of the molecule is Cc1cc(O)ccc1-c1ccc(C[C@@H](C#N)NC(=O)[C@@H]2CCCCN2)cc1. The van der Waals surface area contributed by atoms with Gasteiger partial charge < -0.3 is 15.7 Å². The van der Waals surface area contributed by atoms with Gasteiger partial charge >= 0.3 is 0 Å². The molecule has 0 bridgehead atoms. The van der Waals surface area contributed by atoms with E-state index in [4.69, 9.17) is 0 Å². The third kappa shape index (κ3) is 4.87. The molecule has 0 radical (unpaired) electrons. The summed E-state index contributed by atoms with van der Waals surface area (Å²) >= 11 is 0. The Labute approximate surface area is 160 Å². The maximum atomic E-state index is 12.3. The highest BCUT2D eigenvalue weighted by atomic mass is 16.3. The van der Waals surface area contributed by atoms with Gasteiger partial charge in [-0.3, -0.25) is 4.79 Å². The number of carbonyl (C=O) groups is 1. The van der Waals surface area contributed by atoms with Crippen molar-refractivity contribution < 1.29 is 9.90 Å². The van der Waals surface area contributed by atoms with Crippen LogP contribution in [0.1, 0.15) is 30.4 Å². The third-order valence-electron chi connectivity index (χ3n) is 5.01. The number of piperidine rings is 1. The molecule has 5 nitrogen and oxygen atoms in total. The molecule has 0 aromatic heterocycles. The van der Waals surface area contributed by atoms with E-state index in [2.05, 4.69) is 16.7 Å². The molecule has 3 N–H and O–H groups in total. The molecule has 0 saturated carbocycles. The van der Waals surface area contributed by atoms with Crippen molar-refractivity contribution >= 4 is 5.91 Å². The Morgan fingerprint density at radius 3 is 2.70 bits per heavy atom. The van der Waals surface area contributed by atoms with Crippen molar-refractivity contribution in [2.24, 2.45) is 0 Å². The average Bonchev–Trinajstić information content (AvgIpc) is 2.69. The fourth-order valence-corrected chi connectivity index (χ4v) is 3.50. The number of aromatic hydroxyl groups is 1. The largest absolute Gasteiger partial charge is 0.508 e. The van der Waals surface area contributed by atoms with Gasteiger partial charge in [0.1, 0.15) is 11.8 Å². The first kappa shape index (κ1) is 18.9. The van der Waals surface area contributed by atoms with Gasteiger partial charge in [0.25, 0.3) is 0 Å². The Morgan fingerprint density at radius 2 is 2.07 bits per heavy atom. The normalized spacial score (nSPS) is 17.7. The summed E-state index contributed by atoms with van der Waals surface area (Å²) in [5.74, 6) is 0.172. The Bertz CT molecular complexity index is 834. The number of aryl methyl sites for hydroxylation is 1. The molecule has 1 fully saturated rings.